The van der Waals surface area contributed by atoms with Gasteiger partial charge in [-0.2, -0.15) is 5.10 Å². The molecule has 1 aromatic rings. The molecule has 0 aliphatic carbocycles. The Kier molecular flexibility index (Phi) is 5.00. The van der Waals surface area contributed by atoms with E-state index in [1.165, 1.54) is 23.4 Å². The molecule has 1 aromatic heterocycles. The van der Waals surface area contributed by atoms with E-state index in [9.17, 15) is 0 Å². The van der Waals surface area contributed by atoms with Gasteiger partial charge in [-0.1, -0.05) is 20.8 Å². The molecule has 3 heteroatoms. The highest BCUT2D eigenvalue weighted by atomic mass is 15.3. The van der Waals surface area contributed by atoms with E-state index in [0.29, 0.717) is 6.04 Å². The summed E-state index contributed by atoms with van der Waals surface area (Å²) >= 11 is 0. The molecular formula is C13H25N3. The predicted octanol–water partition coefficient (Wildman–Crippen LogP) is 2.61. The van der Waals surface area contributed by atoms with Crippen LogP contribution in [0.5, 0.6) is 0 Å². The van der Waals surface area contributed by atoms with Crippen LogP contribution in [0.25, 0.3) is 0 Å². The molecule has 0 fully saturated rings. The Morgan fingerprint density at radius 1 is 1.25 bits per heavy atom. The Labute approximate surface area is 99.2 Å². The van der Waals surface area contributed by atoms with Crippen molar-refractivity contribution in [3.8, 4) is 0 Å². The van der Waals surface area contributed by atoms with Gasteiger partial charge >= 0.3 is 0 Å². The second kappa shape index (κ2) is 6.04. The van der Waals surface area contributed by atoms with Crippen LogP contribution in [0, 0.1) is 0 Å². The number of rotatable bonds is 6. The van der Waals surface area contributed by atoms with Crippen molar-refractivity contribution in [1.82, 2.24) is 15.1 Å². The quantitative estimate of drug-likeness (QED) is 0.803. The summed E-state index contributed by atoms with van der Waals surface area (Å²) in [6, 6.07) is 0.415. The van der Waals surface area contributed by atoms with Crippen LogP contribution >= 0.6 is 0 Å². The Balaban J connectivity index is 2.98. The second-order valence-electron chi connectivity index (χ2n) is 4.31. The van der Waals surface area contributed by atoms with Crippen LogP contribution in [0.1, 0.15) is 57.1 Å². The number of nitrogens with one attached hydrogen (secondary N) is 1. The van der Waals surface area contributed by atoms with Crippen molar-refractivity contribution in [2.45, 2.75) is 53.0 Å². The van der Waals surface area contributed by atoms with Gasteiger partial charge in [0.15, 0.2) is 0 Å². The van der Waals surface area contributed by atoms with Crippen LogP contribution in [0.4, 0.5) is 0 Å². The molecule has 1 heterocycles. The van der Waals surface area contributed by atoms with Crippen LogP contribution in [-0.2, 0) is 19.9 Å². The maximum absolute atomic E-state index is 4.61. The molecule has 0 aliphatic heterocycles. The molecule has 0 aliphatic rings. The Bertz CT molecular complexity index is 328. The molecule has 1 N–H and O–H groups in total. The molecule has 0 aromatic carbocycles. The highest BCUT2D eigenvalue weighted by molar-refractivity contribution is 5.29. The zero-order chi connectivity index (χ0) is 12.1. The van der Waals surface area contributed by atoms with Crippen LogP contribution in [0.15, 0.2) is 0 Å². The Hall–Kier alpha value is -0.830. The highest BCUT2D eigenvalue weighted by Gasteiger charge is 2.18. The third-order valence-corrected chi connectivity index (χ3v) is 3.09. The molecule has 16 heavy (non-hydrogen) atoms. The normalized spacial score (nSPS) is 13.1. The maximum atomic E-state index is 4.61. The van der Waals surface area contributed by atoms with Crippen molar-refractivity contribution in [1.29, 1.82) is 0 Å². The molecule has 0 saturated carbocycles. The van der Waals surface area contributed by atoms with Crippen LogP contribution in [0.2, 0.25) is 0 Å². The largest absolute Gasteiger partial charge is 0.310 e. The summed E-state index contributed by atoms with van der Waals surface area (Å²) in [6.07, 6.45) is 3.24. The van der Waals surface area contributed by atoms with Crippen molar-refractivity contribution in [2.75, 3.05) is 6.54 Å². The molecule has 92 valence electrons. The molecule has 1 rings (SSSR count). The minimum Gasteiger partial charge on any atom is -0.310 e. The summed E-state index contributed by atoms with van der Waals surface area (Å²) in [6.45, 7) is 9.89. The summed E-state index contributed by atoms with van der Waals surface area (Å²) in [7, 11) is 2.05. The number of aryl methyl sites for hydroxylation is 2. The predicted molar refractivity (Wildman–Crippen MR) is 68.7 cm³/mol. The lowest BCUT2D eigenvalue weighted by molar-refractivity contribution is 0.561. The fourth-order valence-electron chi connectivity index (χ4n) is 2.28. The average molecular weight is 223 g/mol. The van der Waals surface area contributed by atoms with Crippen LogP contribution < -0.4 is 5.32 Å². The molecule has 0 amide bonds. The van der Waals surface area contributed by atoms with E-state index in [1.807, 2.05) is 11.7 Å². The first-order valence-corrected chi connectivity index (χ1v) is 6.43. The van der Waals surface area contributed by atoms with Gasteiger partial charge in [-0.15, -0.1) is 0 Å². The van der Waals surface area contributed by atoms with Crippen molar-refractivity contribution in [3.05, 3.63) is 17.0 Å². The van der Waals surface area contributed by atoms with E-state index in [2.05, 4.69) is 38.1 Å². The molecule has 0 spiro atoms. The Morgan fingerprint density at radius 2 is 1.94 bits per heavy atom. The Morgan fingerprint density at radius 3 is 2.44 bits per heavy atom. The molecule has 0 radical (unpaired) electrons. The molecule has 1 atom stereocenters. The summed E-state index contributed by atoms with van der Waals surface area (Å²) in [4.78, 5) is 0. The van der Waals surface area contributed by atoms with Gasteiger partial charge in [0, 0.05) is 24.3 Å². The van der Waals surface area contributed by atoms with Crippen molar-refractivity contribution >= 4 is 0 Å². The van der Waals surface area contributed by atoms with E-state index in [4.69, 9.17) is 0 Å². The van der Waals surface area contributed by atoms with Crippen molar-refractivity contribution in [2.24, 2.45) is 7.05 Å². The zero-order valence-corrected chi connectivity index (χ0v) is 11.3. The first kappa shape index (κ1) is 13.2. The molecule has 0 saturated heterocycles. The number of nitrogens with zero attached hydrogens (tertiary/aromatic N) is 2. The third kappa shape index (κ3) is 2.64. The SMILES string of the molecule is CCCNC(C)c1c(CC)nn(C)c1CC. The smallest absolute Gasteiger partial charge is 0.0672 e. The number of aromatic nitrogens is 2. The van der Waals surface area contributed by atoms with Gasteiger partial charge in [0.25, 0.3) is 0 Å². The summed E-state index contributed by atoms with van der Waals surface area (Å²) < 4.78 is 2.04. The molecule has 0 bridgehead atoms. The fourth-order valence-corrected chi connectivity index (χ4v) is 2.28. The van der Waals surface area contributed by atoms with Gasteiger partial charge in [-0.3, -0.25) is 4.68 Å². The van der Waals surface area contributed by atoms with Gasteiger partial charge in [-0.25, -0.2) is 0 Å². The van der Waals surface area contributed by atoms with E-state index in [1.54, 1.807) is 0 Å². The van der Waals surface area contributed by atoms with Crippen molar-refractivity contribution in [3.63, 3.8) is 0 Å². The monoisotopic (exact) mass is 223 g/mol. The standard InChI is InChI=1S/C13H25N3/c1-6-9-14-10(4)13-11(7-2)15-16(5)12(13)8-3/h10,14H,6-9H2,1-5H3. The summed E-state index contributed by atoms with van der Waals surface area (Å²) in [5.41, 5.74) is 4.03. The van der Waals surface area contributed by atoms with Gasteiger partial charge in [-0.05, 0) is 32.7 Å². The van der Waals surface area contributed by atoms with Gasteiger partial charge in [0.1, 0.15) is 0 Å². The van der Waals surface area contributed by atoms with Gasteiger partial charge < -0.3 is 5.32 Å². The van der Waals surface area contributed by atoms with Crippen molar-refractivity contribution < 1.29 is 0 Å². The highest BCUT2D eigenvalue weighted by Crippen LogP contribution is 2.22. The zero-order valence-electron chi connectivity index (χ0n) is 11.3. The average Bonchev–Trinajstić information content (AvgIpc) is 2.62. The second-order valence-corrected chi connectivity index (χ2v) is 4.31. The fraction of sp³-hybridized carbons (Fsp3) is 0.769. The summed E-state index contributed by atoms with van der Waals surface area (Å²) in [5, 5.41) is 8.16. The molecule has 1 unspecified atom stereocenters. The number of hydrogen-bond acceptors (Lipinski definition) is 2. The third-order valence-electron chi connectivity index (χ3n) is 3.09. The lowest BCUT2D eigenvalue weighted by atomic mass is 10.0. The topological polar surface area (TPSA) is 29.9 Å². The molecule has 3 nitrogen and oxygen atoms in total. The first-order valence-electron chi connectivity index (χ1n) is 6.43. The van der Waals surface area contributed by atoms with E-state index in [0.717, 1.165) is 19.4 Å². The lowest BCUT2D eigenvalue weighted by Gasteiger charge is -2.15. The minimum absolute atomic E-state index is 0.415. The van der Waals surface area contributed by atoms with Crippen LogP contribution in [0.3, 0.4) is 0 Å². The first-order chi connectivity index (χ1) is 7.65. The van der Waals surface area contributed by atoms with Gasteiger partial charge in [0.05, 0.1) is 5.69 Å². The maximum Gasteiger partial charge on any atom is 0.0672 e. The summed E-state index contributed by atoms with van der Waals surface area (Å²) in [5.74, 6) is 0. The lowest BCUT2D eigenvalue weighted by Crippen LogP contribution is -2.21. The van der Waals surface area contributed by atoms with E-state index >= 15 is 0 Å². The minimum atomic E-state index is 0.415. The van der Waals surface area contributed by atoms with E-state index in [-0.39, 0.29) is 0 Å². The molecular weight excluding hydrogens is 198 g/mol. The van der Waals surface area contributed by atoms with Crippen LogP contribution in [-0.4, -0.2) is 16.3 Å². The number of hydrogen-bond donors (Lipinski definition) is 1. The van der Waals surface area contributed by atoms with Gasteiger partial charge in [0.2, 0.25) is 0 Å². The van der Waals surface area contributed by atoms with E-state index < -0.39 is 0 Å².